The Morgan fingerprint density at radius 1 is 1.44 bits per heavy atom. The first-order valence-corrected chi connectivity index (χ1v) is 5.43. The van der Waals surface area contributed by atoms with Crippen molar-refractivity contribution in [1.82, 2.24) is 0 Å². The Hall–Kier alpha value is -1.53. The summed E-state index contributed by atoms with van der Waals surface area (Å²) in [5.41, 5.74) is 5.79. The molecule has 1 atom stereocenters. The second-order valence-corrected chi connectivity index (χ2v) is 3.91. The molecule has 0 radical (unpaired) electrons. The van der Waals surface area contributed by atoms with Gasteiger partial charge < -0.3 is 15.9 Å². The fourth-order valence-corrected chi connectivity index (χ4v) is 1.57. The summed E-state index contributed by atoms with van der Waals surface area (Å²) in [4.78, 5) is 9.91. The van der Waals surface area contributed by atoms with E-state index in [0.717, 1.165) is 12.8 Å². The van der Waals surface area contributed by atoms with Crippen LogP contribution in [0.4, 0.5) is 5.69 Å². The number of hydrogen-bond acceptors (Lipinski definition) is 5. The first-order chi connectivity index (χ1) is 7.97. The van der Waals surface area contributed by atoms with Crippen molar-refractivity contribution in [3.05, 3.63) is 27.8 Å². The second kappa shape index (κ2) is 7.03. The van der Waals surface area contributed by atoms with Crippen LogP contribution in [0.15, 0.2) is 12.1 Å². The van der Waals surface area contributed by atoms with Gasteiger partial charge in [0.25, 0.3) is 0 Å². The van der Waals surface area contributed by atoms with E-state index in [1.807, 2.05) is 6.92 Å². The van der Waals surface area contributed by atoms with Gasteiger partial charge >= 0.3 is 5.69 Å². The smallest absolute Gasteiger partial charge is 0.314 e. The van der Waals surface area contributed by atoms with E-state index in [9.17, 15) is 20.3 Å². The number of aromatic hydroxyl groups is 2. The molecule has 1 aromatic rings. The molecule has 1 rings (SSSR count). The molecule has 6 nitrogen and oxygen atoms in total. The highest BCUT2D eigenvalue weighted by atomic mass is 35.5. The summed E-state index contributed by atoms with van der Waals surface area (Å²) in [5.74, 6) is -1.23. The quantitative estimate of drug-likeness (QED) is 0.435. The third kappa shape index (κ3) is 3.75. The number of nitro groups is 1. The van der Waals surface area contributed by atoms with E-state index >= 15 is 0 Å². The number of nitrogens with two attached hydrogens (primary N) is 1. The zero-order valence-corrected chi connectivity index (χ0v) is 10.8. The molecule has 7 heteroatoms. The minimum atomic E-state index is -0.745. The zero-order chi connectivity index (χ0) is 13.0. The lowest BCUT2D eigenvalue weighted by Crippen LogP contribution is -2.10. The van der Waals surface area contributed by atoms with E-state index < -0.39 is 22.1 Å². The number of phenols is 2. The fraction of sp³-hybridized carbons (Fsp3) is 0.455. The van der Waals surface area contributed by atoms with Gasteiger partial charge in [-0.05, 0) is 18.1 Å². The van der Waals surface area contributed by atoms with Crippen molar-refractivity contribution in [2.24, 2.45) is 5.73 Å². The molecule has 4 N–H and O–H groups in total. The minimum Gasteiger partial charge on any atom is -0.504 e. The molecule has 0 aliphatic rings. The van der Waals surface area contributed by atoms with Crippen LogP contribution in [0.2, 0.25) is 0 Å². The maximum absolute atomic E-state index is 10.7. The number of rotatable bonds is 5. The summed E-state index contributed by atoms with van der Waals surface area (Å²) in [5, 5.41) is 29.4. The van der Waals surface area contributed by atoms with Crippen molar-refractivity contribution in [2.75, 3.05) is 0 Å². The van der Waals surface area contributed by atoms with Crippen molar-refractivity contribution in [3.8, 4) is 11.5 Å². The highest BCUT2D eigenvalue weighted by Crippen LogP contribution is 2.37. The van der Waals surface area contributed by atoms with E-state index in [1.165, 1.54) is 12.1 Å². The molecule has 0 bridgehead atoms. The topological polar surface area (TPSA) is 110 Å². The molecule has 0 saturated heterocycles. The molecule has 0 aliphatic carbocycles. The molecule has 0 unspecified atom stereocenters. The van der Waals surface area contributed by atoms with Crippen LogP contribution in [0.3, 0.4) is 0 Å². The third-order valence-corrected chi connectivity index (χ3v) is 2.59. The van der Waals surface area contributed by atoms with Crippen molar-refractivity contribution in [2.45, 2.75) is 32.2 Å². The molecule has 0 spiro atoms. The monoisotopic (exact) mass is 276 g/mol. The summed E-state index contributed by atoms with van der Waals surface area (Å²) in [6, 6.07) is 2.10. The fourth-order valence-electron chi connectivity index (χ4n) is 1.57. The van der Waals surface area contributed by atoms with Gasteiger partial charge in [-0.2, -0.15) is 0 Å². The van der Waals surface area contributed by atoms with Gasteiger partial charge in [0, 0.05) is 12.1 Å². The van der Waals surface area contributed by atoms with Crippen LogP contribution in [0.5, 0.6) is 11.5 Å². The number of phenolic OH excluding ortho intramolecular Hbond substituents is 2. The van der Waals surface area contributed by atoms with Gasteiger partial charge in [-0.25, -0.2) is 0 Å². The summed E-state index contributed by atoms with van der Waals surface area (Å²) in [6.07, 6.45) is 2.55. The SMILES string of the molecule is CCCC[C@H](N)c1cc(O)c(O)c([N+](=O)[O-])c1.Cl. The van der Waals surface area contributed by atoms with Crippen molar-refractivity contribution in [3.63, 3.8) is 0 Å². The Balaban J connectivity index is 0.00000289. The molecule has 0 aromatic heterocycles. The zero-order valence-electron chi connectivity index (χ0n) is 10.00. The van der Waals surface area contributed by atoms with Crippen LogP contribution in [-0.4, -0.2) is 15.1 Å². The molecule has 1 aromatic carbocycles. The minimum absolute atomic E-state index is 0. The van der Waals surface area contributed by atoms with Gasteiger partial charge in [-0.1, -0.05) is 19.8 Å². The first-order valence-electron chi connectivity index (χ1n) is 5.43. The van der Waals surface area contributed by atoms with Crippen molar-refractivity contribution >= 4 is 18.1 Å². The molecule has 0 heterocycles. The van der Waals surface area contributed by atoms with Crippen LogP contribution in [0, 0.1) is 10.1 Å². The molecule has 0 fully saturated rings. The Kier molecular flexibility index (Phi) is 6.43. The van der Waals surface area contributed by atoms with Gasteiger partial charge in [0.2, 0.25) is 5.75 Å². The lowest BCUT2D eigenvalue weighted by atomic mass is 10.0. The maximum atomic E-state index is 10.7. The van der Waals surface area contributed by atoms with Gasteiger partial charge in [0.1, 0.15) is 0 Å². The van der Waals surface area contributed by atoms with Gasteiger partial charge in [0.05, 0.1) is 4.92 Å². The number of halogens is 1. The Morgan fingerprint density at radius 2 is 2.06 bits per heavy atom. The number of unbranched alkanes of at least 4 members (excludes halogenated alkanes) is 1. The third-order valence-electron chi connectivity index (χ3n) is 2.59. The number of hydrogen-bond donors (Lipinski definition) is 3. The Labute approximate surface area is 111 Å². The molecule has 18 heavy (non-hydrogen) atoms. The van der Waals surface area contributed by atoms with E-state index in [1.54, 1.807) is 0 Å². The van der Waals surface area contributed by atoms with Gasteiger partial charge in [0.15, 0.2) is 5.75 Å². The van der Waals surface area contributed by atoms with Gasteiger partial charge in [-0.15, -0.1) is 12.4 Å². The highest BCUT2D eigenvalue weighted by Gasteiger charge is 2.20. The Bertz CT molecular complexity index is 426. The molecule has 0 saturated carbocycles. The van der Waals surface area contributed by atoms with Crippen LogP contribution < -0.4 is 5.73 Å². The maximum Gasteiger partial charge on any atom is 0.314 e. The Morgan fingerprint density at radius 3 is 2.56 bits per heavy atom. The normalized spacial score (nSPS) is 11.7. The van der Waals surface area contributed by atoms with Crippen LogP contribution in [0.25, 0.3) is 0 Å². The largest absolute Gasteiger partial charge is 0.504 e. The molecule has 102 valence electrons. The number of nitrogens with zero attached hydrogens (tertiary/aromatic N) is 1. The predicted molar refractivity (Wildman–Crippen MR) is 70.1 cm³/mol. The summed E-state index contributed by atoms with van der Waals surface area (Å²) in [6.45, 7) is 2.02. The summed E-state index contributed by atoms with van der Waals surface area (Å²) >= 11 is 0. The second-order valence-electron chi connectivity index (χ2n) is 3.91. The molecular formula is C11H17ClN2O4. The lowest BCUT2D eigenvalue weighted by Gasteiger charge is -2.12. The number of nitro benzene ring substituents is 1. The van der Waals surface area contributed by atoms with E-state index in [2.05, 4.69) is 0 Å². The van der Waals surface area contributed by atoms with E-state index in [4.69, 9.17) is 5.73 Å². The molecule has 0 aliphatic heterocycles. The first kappa shape index (κ1) is 16.5. The van der Waals surface area contributed by atoms with Crippen LogP contribution in [-0.2, 0) is 0 Å². The summed E-state index contributed by atoms with van der Waals surface area (Å²) in [7, 11) is 0. The molecular weight excluding hydrogens is 260 g/mol. The average molecular weight is 277 g/mol. The van der Waals surface area contributed by atoms with E-state index in [0.29, 0.717) is 12.0 Å². The number of benzene rings is 1. The average Bonchev–Trinajstić information content (AvgIpc) is 2.28. The predicted octanol–water partition coefficient (Wildman–Crippen LogP) is 2.62. The highest BCUT2D eigenvalue weighted by molar-refractivity contribution is 5.85. The van der Waals surface area contributed by atoms with E-state index in [-0.39, 0.29) is 18.4 Å². The summed E-state index contributed by atoms with van der Waals surface area (Å²) < 4.78 is 0. The van der Waals surface area contributed by atoms with Crippen molar-refractivity contribution < 1.29 is 15.1 Å². The van der Waals surface area contributed by atoms with Crippen molar-refractivity contribution in [1.29, 1.82) is 0 Å². The van der Waals surface area contributed by atoms with Crippen LogP contribution >= 0.6 is 12.4 Å². The molecule has 0 amide bonds. The lowest BCUT2D eigenvalue weighted by molar-refractivity contribution is -0.386. The standard InChI is InChI=1S/C11H16N2O4.ClH/c1-2-3-4-8(12)7-5-9(13(16)17)11(15)10(14)6-7;/h5-6,8,14-15H,2-4,12H2,1H3;1H/t8-;/m0./s1. The van der Waals surface area contributed by atoms with Gasteiger partial charge in [-0.3, -0.25) is 10.1 Å². The van der Waals surface area contributed by atoms with Crippen LogP contribution in [0.1, 0.15) is 37.8 Å².